The molecule has 0 aliphatic heterocycles. The third-order valence-electron chi connectivity index (χ3n) is 3.51. The molecule has 2 N–H and O–H groups in total. The van der Waals surface area contributed by atoms with Gasteiger partial charge in [-0.1, -0.05) is 13.3 Å². The van der Waals surface area contributed by atoms with Crippen molar-refractivity contribution in [1.29, 1.82) is 0 Å². The molecule has 2 rings (SSSR count). The van der Waals surface area contributed by atoms with Crippen LogP contribution in [0, 0.1) is 12.8 Å². The Labute approximate surface area is 97.8 Å². The quantitative estimate of drug-likeness (QED) is 0.772. The zero-order chi connectivity index (χ0) is 11.5. The number of hydrogen-bond acceptors (Lipinski definition) is 2. The Morgan fingerprint density at radius 2 is 2.00 bits per heavy atom. The van der Waals surface area contributed by atoms with Crippen LogP contribution in [0.3, 0.4) is 0 Å². The van der Waals surface area contributed by atoms with Gasteiger partial charge in [0.2, 0.25) is 0 Å². The van der Waals surface area contributed by atoms with Gasteiger partial charge in [-0.15, -0.1) is 0 Å². The molecular formula is C14H21NO. The van der Waals surface area contributed by atoms with E-state index in [0.717, 1.165) is 17.0 Å². The average molecular weight is 219 g/mol. The van der Waals surface area contributed by atoms with Crippen LogP contribution in [0.1, 0.15) is 38.2 Å². The van der Waals surface area contributed by atoms with E-state index in [-0.39, 0.29) is 0 Å². The van der Waals surface area contributed by atoms with Gasteiger partial charge in [0.05, 0.1) is 0 Å². The molecule has 16 heavy (non-hydrogen) atoms. The SMILES string of the molecule is Cc1cc(N)ccc1OC1CCCCC1C. The van der Waals surface area contributed by atoms with Gasteiger partial charge in [-0.05, 0) is 55.9 Å². The van der Waals surface area contributed by atoms with Gasteiger partial charge < -0.3 is 10.5 Å². The fraction of sp³-hybridized carbons (Fsp3) is 0.571. The lowest BCUT2D eigenvalue weighted by atomic mass is 9.88. The van der Waals surface area contributed by atoms with Gasteiger partial charge in [0, 0.05) is 5.69 Å². The maximum absolute atomic E-state index is 6.10. The summed E-state index contributed by atoms with van der Waals surface area (Å²) in [6.07, 6.45) is 5.50. The normalized spacial score (nSPS) is 25.4. The molecule has 1 aromatic carbocycles. The predicted octanol–water partition coefficient (Wildman–Crippen LogP) is 3.53. The summed E-state index contributed by atoms with van der Waals surface area (Å²) in [5.74, 6) is 1.67. The molecule has 2 unspecified atom stereocenters. The van der Waals surface area contributed by atoms with Gasteiger partial charge in [-0.3, -0.25) is 0 Å². The molecule has 1 fully saturated rings. The summed E-state index contributed by atoms with van der Waals surface area (Å²) in [5.41, 5.74) is 7.68. The number of ether oxygens (including phenoxy) is 1. The van der Waals surface area contributed by atoms with Gasteiger partial charge in [0.15, 0.2) is 0 Å². The van der Waals surface area contributed by atoms with Crippen LogP contribution in [0.15, 0.2) is 18.2 Å². The fourth-order valence-electron chi connectivity index (χ4n) is 2.43. The van der Waals surface area contributed by atoms with E-state index in [0.29, 0.717) is 12.0 Å². The first-order chi connectivity index (χ1) is 7.66. The molecule has 0 bridgehead atoms. The molecule has 0 aromatic heterocycles. The van der Waals surface area contributed by atoms with Crippen LogP contribution in [0.5, 0.6) is 5.75 Å². The van der Waals surface area contributed by atoms with Crippen LogP contribution < -0.4 is 10.5 Å². The standard InChI is InChI=1S/C14H21NO/c1-10-5-3-4-6-13(10)16-14-8-7-12(15)9-11(14)2/h7-10,13H,3-6,15H2,1-2H3. The second-order valence-corrected chi connectivity index (χ2v) is 4.94. The average Bonchev–Trinajstić information content (AvgIpc) is 2.25. The first-order valence-corrected chi connectivity index (χ1v) is 6.19. The van der Waals surface area contributed by atoms with E-state index in [1.807, 2.05) is 18.2 Å². The molecule has 1 saturated carbocycles. The maximum Gasteiger partial charge on any atom is 0.122 e. The van der Waals surface area contributed by atoms with Crippen molar-refractivity contribution in [2.75, 3.05) is 5.73 Å². The fourth-order valence-corrected chi connectivity index (χ4v) is 2.43. The van der Waals surface area contributed by atoms with Crippen molar-refractivity contribution in [3.8, 4) is 5.75 Å². The lowest BCUT2D eigenvalue weighted by Gasteiger charge is -2.29. The van der Waals surface area contributed by atoms with Crippen molar-refractivity contribution < 1.29 is 4.74 Å². The van der Waals surface area contributed by atoms with Crippen molar-refractivity contribution in [2.45, 2.75) is 45.6 Å². The van der Waals surface area contributed by atoms with E-state index in [9.17, 15) is 0 Å². The van der Waals surface area contributed by atoms with Crippen LogP contribution in [0.4, 0.5) is 5.69 Å². The molecule has 1 aromatic rings. The van der Waals surface area contributed by atoms with Crippen molar-refractivity contribution in [1.82, 2.24) is 0 Å². The van der Waals surface area contributed by atoms with Crippen LogP contribution in [0.2, 0.25) is 0 Å². The van der Waals surface area contributed by atoms with E-state index in [2.05, 4.69) is 13.8 Å². The number of nitrogen functional groups attached to an aromatic ring is 1. The van der Waals surface area contributed by atoms with E-state index in [1.165, 1.54) is 25.7 Å². The molecule has 88 valence electrons. The Bertz CT molecular complexity index is 362. The summed E-state index contributed by atoms with van der Waals surface area (Å²) >= 11 is 0. The first-order valence-electron chi connectivity index (χ1n) is 6.19. The van der Waals surface area contributed by atoms with E-state index >= 15 is 0 Å². The molecular weight excluding hydrogens is 198 g/mol. The number of hydrogen-bond donors (Lipinski definition) is 1. The van der Waals surface area contributed by atoms with Crippen LogP contribution >= 0.6 is 0 Å². The second kappa shape index (κ2) is 4.77. The summed E-state index contributed by atoms with van der Waals surface area (Å²) in [6.45, 7) is 4.34. The monoisotopic (exact) mass is 219 g/mol. The Morgan fingerprint density at radius 3 is 2.69 bits per heavy atom. The predicted molar refractivity (Wildman–Crippen MR) is 67.6 cm³/mol. The summed E-state index contributed by atoms with van der Waals surface area (Å²) < 4.78 is 6.10. The van der Waals surface area contributed by atoms with Crippen LogP contribution in [0.25, 0.3) is 0 Å². The summed E-state index contributed by atoms with van der Waals surface area (Å²) in [5, 5.41) is 0. The molecule has 0 amide bonds. The molecule has 2 heteroatoms. The highest BCUT2D eigenvalue weighted by molar-refractivity contribution is 5.47. The second-order valence-electron chi connectivity index (χ2n) is 4.94. The molecule has 1 aliphatic rings. The number of aryl methyl sites for hydroxylation is 1. The summed E-state index contributed by atoms with van der Waals surface area (Å²) in [7, 11) is 0. The minimum absolute atomic E-state index is 0.385. The minimum Gasteiger partial charge on any atom is -0.490 e. The summed E-state index contributed by atoms with van der Waals surface area (Å²) in [6, 6.07) is 5.88. The van der Waals surface area contributed by atoms with Gasteiger partial charge in [-0.2, -0.15) is 0 Å². The summed E-state index contributed by atoms with van der Waals surface area (Å²) in [4.78, 5) is 0. The van der Waals surface area contributed by atoms with Gasteiger partial charge in [-0.25, -0.2) is 0 Å². The number of anilines is 1. The molecule has 0 heterocycles. The molecule has 1 aliphatic carbocycles. The van der Waals surface area contributed by atoms with E-state index in [4.69, 9.17) is 10.5 Å². The smallest absolute Gasteiger partial charge is 0.122 e. The molecule has 2 atom stereocenters. The molecule has 2 nitrogen and oxygen atoms in total. The zero-order valence-electron chi connectivity index (χ0n) is 10.2. The number of nitrogens with two attached hydrogens (primary N) is 1. The highest BCUT2D eigenvalue weighted by atomic mass is 16.5. The van der Waals surface area contributed by atoms with Gasteiger partial charge >= 0.3 is 0 Å². The van der Waals surface area contributed by atoms with E-state index < -0.39 is 0 Å². The highest BCUT2D eigenvalue weighted by Crippen LogP contribution is 2.30. The minimum atomic E-state index is 0.385. The van der Waals surface area contributed by atoms with Gasteiger partial charge in [0.25, 0.3) is 0 Å². The van der Waals surface area contributed by atoms with Crippen molar-refractivity contribution in [3.63, 3.8) is 0 Å². The number of rotatable bonds is 2. The highest BCUT2D eigenvalue weighted by Gasteiger charge is 2.23. The molecule has 0 saturated heterocycles. The van der Waals surface area contributed by atoms with Crippen molar-refractivity contribution >= 4 is 5.69 Å². The van der Waals surface area contributed by atoms with Crippen molar-refractivity contribution in [2.24, 2.45) is 5.92 Å². The first kappa shape index (κ1) is 11.3. The topological polar surface area (TPSA) is 35.2 Å². The molecule has 0 spiro atoms. The lowest BCUT2D eigenvalue weighted by Crippen LogP contribution is -2.28. The van der Waals surface area contributed by atoms with Crippen LogP contribution in [-0.4, -0.2) is 6.10 Å². The van der Waals surface area contributed by atoms with Crippen molar-refractivity contribution in [3.05, 3.63) is 23.8 Å². The van der Waals surface area contributed by atoms with Crippen LogP contribution in [-0.2, 0) is 0 Å². The maximum atomic E-state index is 6.10. The third-order valence-corrected chi connectivity index (χ3v) is 3.51. The number of benzene rings is 1. The third kappa shape index (κ3) is 2.49. The lowest BCUT2D eigenvalue weighted by molar-refractivity contribution is 0.102. The largest absolute Gasteiger partial charge is 0.490 e. The Kier molecular flexibility index (Phi) is 3.37. The van der Waals surface area contributed by atoms with Gasteiger partial charge in [0.1, 0.15) is 11.9 Å². The Hall–Kier alpha value is -1.18. The molecule has 0 radical (unpaired) electrons. The zero-order valence-corrected chi connectivity index (χ0v) is 10.2. The Balaban J connectivity index is 2.07. The van der Waals surface area contributed by atoms with E-state index in [1.54, 1.807) is 0 Å². The Morgan fingerprint density at radius 1 is 1.25 bits per heavy atom.